The zero-order valence-electron chi connectivity index (χ0n) is 9.68. The third kappa shape index (κ3) is 3.41. The van der Waals surface area contributed by atoms with Gasteiger partial charge in [0.25, 0.3) is 0 Å². The molecular weight excluding hydrogens is 212 g/mol. The first kappa shape index (κ1) is 11.3. The van der Waals surface area contributed by atoms with E-state index in [2.05, 4.69) is 10.3 Å². The van der Waals surface area contributed by atoms with Crippen LogP contribution in [0.2, 0.25) is 0 Å². The van der Waals surface area contributed by atoms with E-state index in [0.717, 1.165) is 11.3 Å². The molecule has 0 unspecified atom stereocenters. The summed E-state index contributed by atoms with van der Waals surface area (Å²) in [7, 11) is 0. The number of carbonyl (C=O) groups excluding carboxylic acids is 1. The monoisotopic (exact) mass is 226 g/mol. The molecule has 3 nitrogen and oxygen atoms in total. The quantitative estimate of drug-likeness (QED) is 0.874. The number of rotatable bonds is 3. The Morgan fingerprint density at radius 1 is 1.24 bits per heavy atom. The highest BCUT2D eigenvalue weighted by Gasteiger charge is 2.03. The van der Waals surface area contributed by atoms with Gasteiger partial charge in [0.15, 0.2) is 0 Å². The van der Waals surface area contributed by atoms with Gasteiger partial charge in [0.2, 0.25) is 5.91 Å². The van der Waals surface area contributed by atoms with Crippen LogP contribution < -0.4 is 5.32 Å². The molecule has 17 heavy (non-hydrogen) atoms. The summed E-state index contributed by atoms with van der Waals surface area (Å²) in [4.78, 5) is 15.7. The van der Waals surface area contributed by atoms with Crippen LogP contribution in [0.4, 0.5) is 5.69 Å². The molecule has 0 fully saturated rings. The summed E-state index contributed by atoms with van der Waals surface area (Å²) in [6, 6.07) is 11.5. The average molecular weight is 226 g/mol. The number of benzene rings is 1. The minimum Gasteiger partial charge on any atom is -0.326 e. The fourth-order valence-electron chi connectivity index (χ4n) is 1.53. The molecule has 0 radical (unpaired) electrons. The maximum atomic E-state index is 11.7. The van der Waals surface area contributed by atoms with Gasteiger partial charge in [-0.3, -0.25) is 9.78 Å². The molecule has 0 saturated carbocycles. The van der Waals surface area contributed by atoms with Crippen LogP contribution in [0.25, 0.3) is 0 Å². The molecule has 0 atom stereocenters. The van der Waals surface area contributed by atoms with E-state index in [1.165, 1.54) is 5.56 Å². The number of hydrogen-bond acceptors (Lipinski definition) is 2. The van der Waals surface area contributed by atoms with Crippen molar-refractivity contribution in [1.29, 1.82) is 0 Å². The van der Waals surface area contributed by atoms with Gasteiger partial charge in [-0.05, 0) is 30.7 Å². The van der Waals surface area contributed by atoms with Gasteiger partial charge in [-0.1, -0.05) is 23.8 Å². The molecule has 1 heterocycles. The van der Waals surface area contributed by atoms with Crippen molar-refractivity contribution in [2.24, 2.45) is 0 Å². The van der Waals surface area contributed by atoms with Crippen molar-refractivity contribution in [3.8, 4) is 0 Å². The fraction of sp³-hybridized carbons (Fsp3) is 0.143. The average Bonchev–Trinajstić information content (AvgIpc) is 2.33. The van der Waals surface area contributed by atoms with Crippen LogP contribution in [-0.2, 0) is 11.2 Å². The number of aromatic nitrogens is 1. The second-order valence-electron chi connectivity index (χ2n) is 3.95. The minimum atomic E-state index is -0.0261. The summed E-state index contributed by atoms with van der Waals surface area (Å²) in [5.74, 6) is -0.0261. The third-order valence-corrected chi connectivity index (χ3v) is 2.42. The lowest BCUT2D eigenvalue weighted by Gasteiger charge is -2.05. The first-order valence-electron chi connectivity index (χ1n) is 5.49. The lowest BCUT2D eigenvalue weighted by molar-refractivity contribution is -0.115. The van der Waals surface area contributed by atoms with E-state index in [0.29, 0.717) is 6.42 Å². The van der Waals surface area contributed by atoms with E-state index < -0.39 is 0 Å². The molecule has 1 aromatic carbocycles. The summed E-state index contributed by atoms with van der Waals surface area (Å²) < 4.78 is 0. The molecule has 0 saturated heterocycles. The van der Waals surface area contributed by atoms with Gasteiger partial charge in [-0.2, -0.15) is 0 Å². The highest BCUT2D eigenvalue weighted by Crippen LogP contribution is 2.09. The zero-order chi connectivity index (χ0) is 12.1. The molecule has 1 N–H and O–H groups in total. The normalized spacial score (nSPS) is 9.94. The predicted molar refractivity (Wildman–Crippen MR) is 67.7 cm³/mol. The van der Waals surface area contributed by atoms with Gasteiger partial charge in [-0.25, -0.2) is 0 Å². The van der Waals surface area contributed by atoms with E-state index in [4.69, 9.17) is 0 Å². The Morgan fingerprint density at radius 2 is 2.00 bits per heavy atom. The number of aryl methyl sites for hydroxylation is 1. The maximum absolute atomic E-state index is 11.7. The molecule has 1 aromatic heterocycles. The molecule has 1 amide bonds. The second-order valence-corrected chi connectivity index (χ2v) is 3.95. The van der Waals surface area contributed by atoms with Crippen molar-refractivity contribution in [2.45, 2.75) is 13.3 Å². The lowest BCUT2D eigenvalue weighted by atomic mass is 10.2. The van der Waals surface area contributed by atoms with Crippen molar-refractivity contribution < 1.29 is 4.79 Å². The molecule has 0 aliphatic rings. The topological polar surface area (TPSA) is 42.0 Å². The predicted octanol–water partition coefficient (Wildman–Crippen LogP) is 2.57. The van der Waals surface area contributed by atoms with Gasteiger partial charge < -0.3 is 5.32 Å². The molecule has 0 spiro atoms. The molecule has 2 aromatic rings. The molecule has 2 rings (SSSR count). The maximum Gasteiger partial charge on any atom is 0.228 e. The van der Waals surface area contributed by atoms with E-state index in [1.807, 2.05) is 43.3 Å². The Balaban J connectivity index is 1.96. The first-order valence-corrected chi connectivity index (χ1v) is 5.49. The molecule has 3 heteroatoms. The van der Waals surface area contributed by atoms with E-state index >= 15 is 0 Å². The Bertz CT molecular complexity index is 491. The van der Waals surface area contributed by atoms with Gasteiger partial charge >= 0.3 is 0 Å². The Kier molecular flexibility index (Phi) is 3.50. The number of nitrogens with zero attached hydrogens (tertiary/aromatic N) is 1. The molecule has 0 aliphatic carbocycles. The largest absolute Gasteiger partial charge is 0.326 e. The van der Waals surface area contributed by atoms with Crippen molar-refractivity contribution >= 4 is 11.6 Å². The fourth-order valence-corrected chi connectivity index (χ4v) is 1.53. The third-order valence-electron chi connectivity index (χ3n) is 2.42. The summed E-state index contributed by atoms with van der Waals surface area (Å²) in [6.07, 6.45) is 3.75. The highest BCUT2D eigenvalue weighted by molar-refractivity contribution is 5.92. The second kappa shape index (κ2) is 5.25. The van der Waals surface area contributed by atoms with Crippen molar-refractivity contribution in [3.63, 3.8) is 0 Å². The number of anilines is 1. The van der Waals surface area contributed by atoms with Gasteiger partial charge in [0.1, 0.15) is 0 Å². The van der Waals surface area contributed by atoms with E-state index in [9.17, 15) is 4.79 Å². The van der Waals surface area contributed by atoms with E-state index in [-0.39, 0.29) is 5.91 Å². The Morgan fingerprint density at radius 3 is 2.65 bits per heavy atom. The molecule has 0 aliphatic heterocycles. The standard InChI is InChI=1S/C14H14N2O/c1-11-4-6-13(7-5-11)16-14(17)9-12-3-2-8-15-10-12/h2-8,10H,9H2,1H3,(H,16,17). The first-order chi connectivity index (χ1) is 8.24. The number of carbonyl (C=O) groups is 1. The zero-order valence-corrected chi connectivity index (χ0v) is 9.68. The molecular formula is C14H14N2O. The van der Waals surface area contributed by atoms with Crippen LogP contribution in [0.5, 0.6) is 0 Å². The van der Waals surface area contributed by atoms with Crippen LogP contribution in [0.3, 0.4) is 0 Å². The van der Waals surface area contributed by atoms with Crippen molar-refractivity contribution in [3.05, 3.63) is 59.9 Å². The summed E-state index contributed by atoms with van der Waals surface area (Å²) in [5.41, 5.74) is 2.91. The van der Waals surface area contributed by atoms with Crippen LogP contribution >= 0.6 is 0 Å². The molecule has 86 valence electrons. The minimum absolute atomic E-state index is 0.0261. The number of nitrogens with one attached hydrogen (secondary N) is 1. The van der Waals surface area contributed by atoms with Crippen LogP contribution in [0.15, 0.2) is 48.8 Å². The van der Waals surface area contributed by atoms with Crippen molar-refractivity contribution in [1.82, 2.24) is 4.98 Å². The van der Waals surface area contributed by atoms with Gasteiger partial charge in [-0.15, -0.1) is 0 Å². The summed E-state index contributed by atoms with van der Waals surface area (Å²) in [5, 5.41) is 2.85. The van der Waals surface area contributed by atoms with Crippen molar-refractivity contribution in [2.75, 3.05) is 5.32 Å². The SMILES string of the molecule is Cc1ccc(NC(=O)Cc2cccnc2)cc1. The highest BCUT2D eigenvalue weighted by atomic mass is 16.1. The molecule has 0 bridgehead atoms. The number of amides is 1. The van der Waals surface area contributed by atoms with E-state index in [1.54, 1.807) is 12.4 Å². The Labute approximate surface area is 101 Å². The Hall–Kier alpha value is -2.16. The number of pyridine rings is 1. The number of hydrogen-bond donors (Lipinski definition) is 1. The van der Waals surface area contributed by atoms with Gasteiger partial charge in [0, 0.05) is 18.1 Å². The van der Waals surface area contributed by atoms with Crippen LogP contribution in [0, 0.1) is 6.92 Å². The summed E-state index contributed by atoms with van der Waals surface area (Å²) in [6.45, 7) is 2.02. The lowest BCUT2D eigenvalue weighted by Crippen LogP contribution is -2.14. The van der Waals surface area contributed by atoms with Crippen LogP contribution in [0.1, 0.15) is 11.1 Å². The summed E-state index contributed by atoms with van der Waals surface area (Å²) >= 11 is 0. The smallest absolute Gasteiger partial charge is 0.228 e. The van der Waals surface area contributed by atoms with Gasteiger partial charge in [0.05, 0.1) is 6.42 Å². The van der Waals surface area contributed by atoms with Crippen LogP contribution in [-0.4, -0.2) is 10.9 Å².